The van der Waals surface area contributed by atoms with Gasteiger partial charge in [-0.25, -0.2) is 0 Å². The number of ether oxygens (including phenoxy) is 2. The van der Waals surface area contributed by atoms with E-state index >= 15 is 0 Å². The minimum Gasteiger partial charge on any atom is -0.495 e. The molecule has 0 saturated carbocycles. The number of aromatic nitrogens is 2. The molecule has 0 aliphatic carbocycles. The van der Waals surface area contributed by atoms with Gasteiger partial charge < -0.3 is 14.8 Å². The van der Waals surface area contributed by atoms with E-state index in [4.69, 9.17) is 21.1 Å². The molecule has 27 heavy (non-hydrogen) atoms. The number of rotatable bonds is 6. The van der Waals surface area contributed by atoms with Gasteiger partial charge in [-0.05, 0) is 18.1 Å². The summed E-state index contributed by atoms with van der Waals surface area (Å²) in [4.78, 5) is 14.5. The number of amides is 1. The first kappa shape index (κ1) is 19.3. The summed E-state index contributed by atoms with van der Waals surface area (Å²) in [6.07, 6.45) is 6.91. The van der Waals surface area contributed by atoms with Crippen molar-refractivity contribution in [1.29, 1.82) is 0 Å². The summed E-state index contributed by atoms with van der Waals surface area (Å²) in [5, 5.41) is 7.49. The summed E-state index contributed by atoms with van der Waals surface area (Å²) < 4.78 is 12.3. The molecule has 1 amide bonds. The quantitative estimate of drug-likeness (QED) is 0.821. The highest BCUT2D eigenvalue weighted by molar-refractivity contribution is 6.32. The first-order valence-electron chi connectivity index (χ1n) is 8.62. The normalized spacial score (nSPS) is 14.6. The van der Waals surface area contributed by atoms with Crippen molar-refractivity contribution in [2.45, 2.75) is 6.42 Å². The van der Waals surface area contributed by atoms with Gasteiger partial charge in [-0.3, -0.25) is 14.4 Å². The molecule has 1 aliphatic heterocycles. The van der Waals surface area contributed by atoms with E-state index in [1.54, 1.807) is 16.8 Å². The lowest BCUT2D eigenvalue weighted by Crippen LogP contribution is -2.36. The summed E-state index contributed by atoms with van der Waals surface area (Å²) in [6, 6.07) is 3.29. The molecule has 0 spiro atoms. The second kappa shape index (κ2) is 8.45. The zero-order chi connectivity index (χ0) is 19.4. The van der Waals surface area contributed by atoms with Crippen LogP contribution >= 0.6 is 11.6 Å². The Labute approximate surface area is 163 Å². The molecule has 1 aromatic heterocycles. The number of nitrogens with zero attached hydrogens (tertiary/aromatic N) is 3. The molecule has 3 rings (SSSR count). The molecule has 0 unspecified atom stereocenters. The molecule has 2 heterocycles. The standard InChI is InChI=1S/C19H23ClN4O3/c1-23-11-14(10-21-23)13-4-6-24(7-5-13)12-19(25)22-16-8-15(20)17(26-2)9-18(16)27-3/h4,8-11H,5-7,12H2,1-3H3,(H,22,25). The lowest BCUT2D eigenvalue weighted by Gasteiger charge is -2.25. The van der Waals surface area contributed by atoms with Crippen molar-refractivity contribution in [2.24, 2.45) is 7.05 Å². The van der Waals surface area contributed by atoms with E-state index in [1.165, 1.54) is 19.8 Å². The first-order chi connectivity index (χ1) is 13.0. The average molecular weight is 391 g/mol. The maximum Gasteiger partial charge on any atom is 0.238 e. The van der Waals surface area contributed by atoms with Crippen molar-refractivity contribution in [3.8, 4) is 11.5 Å². The Morgan fingerprint density at radius 3 is 2.67 bits per heavy atom. The van der Waals surface area contributed by atoms with Crippen LogP contribution in [0.3, 0.4) is 0 Å². The van der Waals surface area contributed by atoms with Crippen molar-refractivity contribution in [2.75, 3.05) is 39.2 Å². The fraction of sp³-hybridized carbons (Fsp3) is 0.368. The van der Waals surface area contributed by atoms with Crippen LogP contribution in [0.5, 0.6) is 11.5 Å². The molecular formula is C19H23ClN4O3. The van der Waals surface area contributed by atoms with Crippen LogP contribution in [0.1, 0.15) is 12.0 Å². The Balaban J connectivity index is 1.60. The monoisotopic (exact) mass is 390 g/mol. The van der Waals surface area contributed by atoms with Gasteiger partial charge in [-0.15, -0.1) is 0 Å². The Kier molecular flexibility index (Phi) is 6.03. The van der Waals surface area contributed by atoms with Crippen LogP contribution in [0.15, 0.2) is 30.6 Å². The lowest BCUT2D eigenvalue weighted by atomic mass is 10.0. The van der Waals surface area contributed by atoms with Crippen molar-refractivity contribution in [1.82, 2.24) is 14.7 Å². The Hall–Kier alpha value is -2.51. The Morgan fingerprint density at radius 2 is 2.07 bits per heavy atom. The number of hydrogen-bond acceptors (Lipinski definition) is 5. The summed E-state index contributed by atoms with van der Waals surface area (Å²) in [7, 11) is 4.97. The predicted molar refractivity (Wildman–Crippen MR) is 105 cm³/mol. The van der Waals surface area contributed by atoms with E-state index < -0.39 is 0 Å². The summed E-state index contributed by atoms with van der Waals surface area (Å²) in [5.41, 5.74) is 2.93. The molecule has 1 N–H and O–H groups in total. The fourth-order valence-corrected chi connectivity index (χ4v) is 3.30. The van der Waals surface area contributed by atoms with Gasteiger partial charge in [0.25, 0.3) is 0 Å². The number of hydrogen-bond donors (Lipinski definition) is 1. The van der Waals surface area contributed by atoms with Crippen LogP contribution < -0.4 is 14.8 Å². The van der Waals surface area contributed by atoms with Crippen LogP contribution in [-0.4, -0.2) is 54.4 Å². The molecule has 7 nitrogen and oxygen atoms in total. The Morgan fingerprint density at radius 1 is 1.30 bits per heavy atom. The lowest BCUT2D eigenvalue weighted by molar-refractivity contribution is -0.117. The largest absolute Gasteiger partial charge is 0.495 e. The number of benzene rings is 1. The van der Waals surface area contributed by atoms with Gasteiger partial charge in [0.1, 0.15) is 11.5 Å². The number of carbonyl (C=O) groups is 1. The van der Waals surface area contributed by atoms with Crippen molar-refractivity contribution in [3.05, 3.63) is 41.2 Å². The number of nitrogens with one attached hydrogen (secondary N) is 1. The van der Waals surface area contributed by atoms with Crippen molar-refractivity contribution in [3.63, 3.8) is 0 Å². The highest BCUT2D eigenvalue weighted by Crippen LogP contribution is 2.35. The third kappa shape index (κ3) is 4.61. The average Bonchev–Trinajstić information content (AvgIpc) is 3.09. The van der Waals surface area contributed by atoms with E-state index in [0.29, 0.717) is 28.8 Å². The van der Waals surface area contributed by atoms with Crippen LogP contribution in [-0.2, 0) is 11.8 Å². The highest BCUT2D eigenvalue weighted by Gasteiger charge is 2.18. The number of carbonyl (C=O) groups excluding carboxylic acids is 1. The van der Waals surface area contributed by atoms with E-state index in [1.807, 2.05) is 19.4 Å². The molecule has 1 aliphatic rings. The molecule has 2 aromatic rings. The van der Waals surface area contributed by atoms with Crippen LogP contribution in [0.4, 0.5) is 5.69 Å². The Bertz CT molecular complexity index is 863. The maximum atomic E-state index is 12.5. The molecule has 8 heteroatoms. The molecule has 1 aromatic carbocycles. The fourth-order valence-electron chi connectivity index (χ4n) is 3.05. The summed E-state index contributed by atoms with van der Waals surface area (Å²) >= 11 is 6.15. The summed E-state index contributed by atoms with van der Waals surface area (Å²) in [6.45, 7) is 1.83. The predicted octanol–water partition coefficient (Wildman–Crippen LogP) is 2.82. The van der Waals surface area contributed by atoms with Crippen molar-refractivity contribution >= 4 is 28.8 Å². The van der Waals surface area contributed by atoms with E-state index in [0.717, 1.165) is 25.1 Å². The van der Waals surface area contributed by atoms with Crippen LogP contribution in [0.2, 0.25) is 5.02 Å². The smallest absolute Gasteiger partial charge is 0.238 e. The zero-order valence-electron chi connectivity index (χ0n) is 15.7. The zero-order valence-corrected chi connectivity index (χ0v) is 16.4. The van der Waals surface area contributed by atoms with E-state index in [-0.39, 0.29) is 5.91 Å². The second-order valence-electron chi connectivity index (χ2n) is 6.35. The molecule has 0 saturated heterocycles. The topological polar surface area (TPSA) is 68.6 Å². The highest BCUT2D eigenvalue weighted by atomic mass is 35.5. The minimum atomic E-state index is -0.118. The van der Waals surface area contributed by atoms with Crippen LogP contribution in [0.25, 0.3) is 5.57 Å². The maximum absolute atomic E-state index is 12.5. The minimum absolute atomic E-state index is 0.118. The van der Waals surface area contributed by atoms with Gasteiger partial charge in [0.15, 0.2) is 0 Å². The third-order valence-corrected chi connectivity index (χ3v) is 4.78. The number of halogens is 1. The molecule has 0 fully saturated rings. The SMILES string of the molecule is COc1cc(OC)c(NC(=O)CN2CC=C(c3cnn(C)c3)CC2)cc1Cl. The number of aryl methyl sites for hydroxylation is 1. The van der Waals surface area contributed by atoms with Crippen molar-refractivity contribution < 1.29 is 14.3 Å². The van der Waals surface area contributed by atoms with Gasteiger partial charge in [-0.2, -0.15) is 5.10 Å². The first-order valence-corrected chi connectivity index (χ1v) is 8.99. The number of anilines is 1. The molecule has 0 bridgehead atoms. The molecule has 0 atom stereocenters. The van der Waals surface area contributed by atoms with Gasteiger partial charge in [0, 0.05) is 38.0 Å². The van der Waals surface area contributed by atoms with E-state index in [2.05, 4.69) is 21.4 Å². The van der Waals surface area contributed by atoms with Gasteiger partial charge in [0.05, 0.1) is 37.7 Å². The van der Waals surface area contributed by atoms with E-state index in [9.17, 15) is 4.79 Å². The van der Waals surface area contributed by atoms with Crippen LogP contribution in [0, 0.1) is 0 Å². The molecular weight excluding hydrogens is 368 g/mol. The number of methoxy groups -OCH3 is 2. The second-order valence-corrected chi connectivity index (χ2v) is 6.76. The van der Waals surface area contributed by atoms with Gasteiger partial charge >= 0.3 is 0 Å². The third-order valence-electron chi connectivity index (χ3n) is 4.48. The molecule has 0 radical (unpaired) electrons. The molecule has 144 valence electrons. The van der Waals surface area contributed by atoms with Gasteiger partial charge in [-0.1, -0.05) is 17.7 Å². The summed E-state index contributed by atoms with van der Waals surface area (Å²) in [5.74, 6) is 0.880. The van der Waals surface area contributed by atoms with Gasteiger partial charge in [0.2, 0.25) is 5.91 Å².